The van der Waals surface area contributed by atoms with Gasteiger partial charge in [0, 0.05) is 22.5 Å². The maximum atomic E-state index is 13.1. The lowest BCUT2D eigenvalue weighted by atomic mass is 10.2. The highest BCUT2D eigenvalue weighted by molar-refractivity contribution is 9.10. The highest BCUT2D eigenvalue weighted by atomic mass is 79.9. The molecule has 1 aliphatic heterocycles. The van der Waals surface area contributed by atoms with Crippen molar-refractivity contribution in [1.29, 1.82) is 0 Å². The molecule has 0 saturated carbocycles. The predicted octanol–water partition coefficient (Wildman–Crippen LogP) is 6.22. The molecule has 1 heterocycles. The van der Waals surface area contributed by atoms with E-state index in [4.69, 9.17) is 9.47 Å². The number of halogens is 1. The molecule has 0 amide bonds. The highest BCUT2D eigenvalue weighted by Crippen LogP contribution is 2.32. The Labute approximate surface area is 216 Å². The molecule has 0 saturated heterocycles. The topological polar surface area (TPSA) is 97.6 Å². The minimum Gasteiger partial charge on any atom is -0.507 e. The number of ether oxygens (including phenoxy) is 2. The molecule has 0 unspecified atom stereocenters. The molecule has 0 radical (unpaired) electrons. The van der Waals surface area contributed by atoms with Gasteiger partial charge in [0.05, 0.1) is 21.2 Å². The first-order chi connectivity index (χ1) is 17.4. The molecule has 180 valence electrons. The Morgan fingerprint density at radius 1 is 0.750 bits per heavy atom. The Balaban J connectivity index is 1.29. The Morgan fingerprint density at radius 3 is 2.03 bits per heavy atom. The lowest BCUT2D eigenvalue weighted by Gasteiger charge is -2.06. The van der Waals surface area contributed by atoms with Crippen molar-refractivity contribution in [3.05, 3.63) is 101 Å². The van der Waals surface area contributed by atoms with E-state index in [0.717, 1.165) is 10.0 Å². The van der Waals surface area contributed by atoms with Gasteiger partial charge in [-0.05, 0) is 90.5 Å². The number of hydrogen-bond donors (Lipinski definition) is 1. The van der Waals surface area contributed by atoms with Crippen molar-refractivity contribution >= 4 is 49.6 Å². The number of benzene rings is 4. The van der Waals surface area contributed by atoms with Gasteiger partial charge in [0.15, 0.2) is 11.5 Å². The van der Waals surface area contributed by atoms with Gasteiger partial charge >= 0.3 is 0 Å². The summed E-state index contributed by atoms with van der Waals surface area (Å²) in [4.78, 5) is 9.06. The number of aromatic hydroxyl groups is 1. The van der Waals surface area contributed by atoms with Gasteiger partial charge in [0.1, 0.15) is 5.75 Å². The molecule has 0 fully saturated rings. The SMILES string of the molecule is O=S(=O)(c1ccc(N=Cc2ccc3c(c2)OCO3)cc1)c1ccc(N=Cc2cc(Br)ccc2O)cc1. The van der Waals surface area contributed by atoms with Gasteiger partial charge in [0.2, 0.25) is 16.6 Å². The summed E-state index contributed by atoms with van der Waals surface area (Å²) < 4.78 is 37.6. The molecule has 0 bridgehead atoms. The molecule has 0 atom stereocenters. The molecule has 7 nitrogen and oxygen atoms in total. The molecule has 0 spiro atoms. The minimum atomic E-state index is -3.71. The van der Waals surface area contributed by atoms with Crippen molar-refractivity contribution in [2.24, 2.45) is 9.98 Å². The smallest absolute Gasteiger partial charge is 0.231 e. The zero-order chi connectivity index (χ0) is 25.1. The summed E-state index contributed by atoms with van der Waals surface area (Å²) in [5, 5.41) is 9.92. The van der Waals surface area contributed by atoms with Gasteiger partial charge in [-0.15, -0.1) is 0 Å². The molecule has 36 heavy (non-hydrogen) atoms. The van der Waals surface area contributed by atoms with Crippen LogP contribution in [-0.4, -0.2) is 32.7 Å². The maximum absolute atomic E-state index is 13.1. The van der Waals surface area contributed by atoms with Gasteiger partial charge in [-0.3, -0.25) is 9.98 Å². The first kappa shape index (κ1) is 23.8. The van der Waals surface area contributed by atoms with E-state index in [1.165, 1.54) is 30.5 Å². The second-order valence-electron chi connectivity index (χ2n) is 7.82. The Morgan fingerprint density at radius 2 is 1.36 bits per heavy atom. The third-order valence-electron chi connectivity index (χ3n) is 5.40. The number of nitrogens with zero attached hydrogens (tertiary/aromatic N) is 2. The Hall–Kier alpha value is -3.95. The zero-order valence-electron chi connectivity index (χ0n) is 18.7. The summed E-state index contributed by atoms with van der Waals surface area (Å²) in [5.74, 6) is 1.47. The van der Waals surface area contributed by atoms with Crippen LogP contribution in [0.1, 0.15) is 11.1 Å². The van der Waals surface area contributed by atoms with Crippen molar-refractivity contribution in [2.75, 3.05) is 6.79 Å². The van der Waals surface area contributed by atoms with E-state index in [-0.39, 0.29) is 22.3 Å². The molecule has 9 heteroatoms. The van der Waals surface area contributed by atoms with Crippen molar-refractivity contribution in [2.45, 2.75) is 9.79 Å². The van der Waals surface area contributed by atoms with Crippen LogP contribution in [0.5, 0.6) is 17.2 Å². The fourth-order valence-electron chi connectivity index (χ4n) is 3.47. The fraction of sp³-hybridized carbons (Fsp3) is 0.0370. The van der Waals surface area contributed by atoms with Gasteiger partial charge in [-0.2, -0.15) is 0 Å². The van der Waals surface area contributed by atoms with Crippen LogP contribution in [0, 0.1) is 0 Å². The van der Waals surface area contributed by atoms with Crippen molar-refractivity contribution in [1.82, 2.24) is 0 Å². The molecule has 1 N–H and O–H groups in total. The second kappa shape index (κ2) is 9.96. The van der Waals surface area contributed by atoms with Crippen LogP contribution in [0.2, 0.25) is 0 Å². The average molecular weight is 563 g/mol. The van der Waals surface area contributed by atoms with E-state index in [0.29, 0.717) is 28.4 Å². The number of hydrogen-bond acceptors (Lipinski definition) is 7. The first-order valence-electron chi connectivity index (χ1n) is 10.8. The normalized spacial score (nSPS) is 13.0. The molecular weight excluding hydrogens is 544 g/mol. The number of rotatable bonds is 6. The van der Waals surface area contributed by atoms with E-state index in [1.807, 2.05) is 18.2 Å². The summed E-state index contributed by atoms with van der Waals surface area (Å²) in [6.07, 6.45) is 3.20. The van der Waals surface area contributed by atoms with Gasteiger partial charge < -0.3 is 14.6 Å². The average Bonchev–Trinajstić information content (AvgIpc) is 3.36. The molecule has 0 aromatic heterocycles. The Kier molecular flexibility index (Phi) is 6.58. The number of phenols is 1. The van der Waals surface area contributed by atoms with Crippen molar-refractivity contribution < 1.29 is 23.0 Å². The number of aliphatic imine (C=N–C) groups is 2. The lowest BCUT2D eigenvalue weighted by molar-refractivity contribution is 0.174. The van der Waals surface area contributed by atoms with Crippen LogP contribution in [0.4, 0.5) is 11.4 Å². The largest absolute Gasteiger partial charge is 0.507 e. The number of sulfone groups is 1. The van der Waals surface area contributed by atoms with Crippen molar-refractivity contribution in [3.8, 4) is 17.2 Å². The number of fused-ring (bicyclic) bond motifs is 1. The summed E-state index contributed by atoms with van der Waals surface area (Å²) in [7, 11) is -3.71. The van der Waals surface area contributed by atoms with Crippen molar-refractivity contribution in [3.63, 3.8) is 0 Å². The molecule has 1 aliphatic rings. The molecule has 4 aromatic rings. The lowest BCUT2D eigenvalue weighted by Crippen LogP contribution is -2.01. The standard InChI is InChI=1S/C27H19BrN2O5S/c28-20-2-11-25(31)19(14-20)16-30-22-5-9-24(10-6-22)36(32,33)23-7-3-21(4-8-23)29-15-18-1-12-26-27(13-18)35-17-34-26/h1-16,31H,17H2. The summed E-state index contributed by atoms with van der Waals surface area (Å²) in [6.45, 7) is 0.207. The van der Waals surface area contributed by atoms with Crippen LogP contribution in [-0.2, 0) is 9.84 Å². The van der Waals surface area contributed by atoms with Crippen LogP contribution < -0.4 is 9.47 Å². The Bertz CT molecular complexity index is 1580. The maximum Gasteiger partial charge on any atom is 0.231 e. The van der Waals surface area contributed by atoms with E-state index >= 15 is 0 Å². The van der Waals surface area contributed by atoms with Crippen LogP contribution in [0.25, 0.3) is 0 Å². The number of phenolic OH excluding ortho intramolecular Hbond substituents is 1. The van der Waals surface area contributed by atoms with Gasteiger partial charge in [-0.1, -0.05) is 15.9 Å². The predicted molar refractivity (Wildman–Crippen MR) is 141 cm³/mol. The highest BCUT2D eigenvalue weighted by Gasteiger charge is 2.17. The fourth-order valence-corrected chi connectivity index (χ4v) is 5.11. The van der Waals surface area contributed by atoms with Gasteiger partial charge in [0.25, 0.3) is 0 Å². The second-order valence-corrected chi connectivity index (χ2v) is 10.7. The molecule has 5 rings (SSSR count). The minimum absolute atomic E-state index is 0.102. The van der Waals surface area contributed by atoms with Crippen LogP contribution in [0.15, 0.2) is 109 Å². The third kappa shape index (κ3) is 5.17. The third-order valence-corrected chi connectivity index (χ3v) is 7.67. The van der Waals surface area contributed by atoms with E-state index in [9.17, 15) is 13.5 Å². The molecular formula is C27H19BrN2O5S. The van der Waals surface area contributed by atoms with E-state index in [1.54, 1.807) is 48.7 Å². The molecule has 4 aromatic carbocycles. The summed E-state index contributed by atoms with van der Waals surface area (Å²) >= 11 is 3.35. The molecule has 0 aliphatic carbocycles. The van der Waals surface area contributed by atoms with Crippen LogP contribution in [0.3, 0.4) is 0 Å². The summed E-state index contributed by atoms with van der Waals surface area (Å²) in [5.41, 5.74) is 2.56. The summed E-state index contributed by atoms with van der Waals surface area (Å²) in [6, 6.07) is 23.2. The monoisotopic (exact) mass is 562 g/mol. The van der Waals surface area contributed by atoms with Gasteiger partial charge in [-0.25, -0.2) is 8.42 Å². The van der Waals surface area contributed by atoms with Crippen LogP contribution >= 0.6 is 15.9 Å². The van der Waals surface area contributed by atoms with E-state index in [2.05, 4.69) is 25.9 Å². The van der Waals surface area contributed by atoms with E-state index < -0.39 is 9.84 Å². The first-order valence-corrected chi connectivity index (χ1v) is 13.1. The zero-order valence-corrected chi connectivity index (χ0v) is 21.1. The quantitative estimate of drug-likeness (QED) is 0.281.